The third kappa shape index (κ3) is 31.4. The molecular weight excluding hydrogens is 1500 g/mol. The Balaban J connectivity index is 0.000000212. The Kier molecular flexibility index (Phi) is 32.6. The van der Waals surface area contributed by atoms with E-state index >= 15 is 0 Å². The predicted molar refractivity (Wildman–Crippen MR) is 464 cm³/mol. The number of anilines is 3. The second kappa shape index (κ2) is 39.1. The van der Waals surface area contributed by atoms with Gasteiger partial charge in [0.05, 0.1) is 28.3 Å². The molecule has 3 aliphatic heterocycles. The number of carbonyl (C=O) groups excluding carboxylic acids is 1. The minimum atomic E-state index is -4.47. The van der Waals surface area contributed by atoms with Crippen LogP contribution in [0.2, 0.25) is 5.02 Å². The molecule has 1 aliphatic carbocycles. The van der Waals surface area contributed by atoms with Gasteiger partial charge in [0, 0.05) is 131 Å². The van der Waals surface area contributed by atoms with Crippen molar-refractivity contribution in [2.45, 2.75) is 262 Å². The lowest BCUT2D eigenvalue weighted by molar-refractivity contribution is -0.139. The average molecular weight is 1630 g/mol. The SMILES string of the molecule is CC(C)(C)c1cc(C(C)(C)C)on1.CC(C)(C)c1ccc(N2C=CCC2)cc1.CC(C)(C)c1ccc(NC(=O)C2CC2)cc1.CC1=CN(c2cc(Cl)cc(C(C)(C)C)c2)CO1.CN1CCN(CCOc2ncc(C(C)(C)C)cc2C(F)(F)F)CC1.Cc1cn(-c2cc(C(C)(C)C)cc(C(F)(F)F)c2)cn1.Cc1cnc(C(C)(C)C)s1. The standard InChI is InChI=1S/C17H26F3N3O.C15H17F3N2.C14H18ClNO.C14H19NO.C14H19N.C11H19NO.C8H13NS/c1-16(2,3)13-11-14(17(18,19)20)15(21-12-13)24-10-9-23-7-5-22(4)6-8-23;1-10-8-20(9-19-10)13-6-11(14(2,3)4)5-12(7-13)15(16,17)18;1-10-8-16(9-17-10)13-6-11(14(2,3)4)5-12(15)7-13;1-14(2,3)11-6-8-12(9-7-11)15-13(16)10-4-5-10;1-14(2,3)12-6-8-13(9-7-12)15-10-4-5-11-15;1-10(2,3)8-7-9(13-12-8)11(4,5)6;1-6-5-9-7(10-6)8(2,3)4/h11-12H,5-10H2,1-4H3;5-9H,1-4H3;5-8H,9H2,1-4H3;6-10H,4-5H2,1-3H3,(H,15,16);4,6-10H,5,11H2,1-3H3;7H,1-6H3;5H,1-4H3. The van der Waals surface area contributed by atoms with Crippen molar-refractivity contribution in [2.75, 3.05) is 74.8 Å². The van der Waals surface area contributed by atoms with Crippen LogP contribution in [0.4, 0.5) is 43.4 Å². The van der Waals surface area contributed by atoms with Gasteiger partial charge in [-0.1, -0.05) is 213 Å². The van der Waals surface area contributed by atoms with Gasteiger partial charge in [0.15, 0.2) is 6.73 Å². The Morgan fingerprint density at radius 1 is 0.557 bits per heavy atom. The summed E-state index contributed by atoms with van der Waals surface area (Å²) in [5.74, 6) is 2.00. The lowest BCUT2D eigenvalue weighted by Gasteiger charge is -2.32. The number of nitrogens with zero attached hydrogens (tertiary/aromatic N) is 9. The van der Waals surface area contributed by atoms with E-state index in [1.165, 1.54) is 57.3 Å². The Morgan fingerprint density at radius 3 is 1.53 bits per heavy atom. The maximum Gasteiger partial charge on any atom is 0.421 e. The van der Waals surface area contributed by atoms with Gasteiger partial charge < -0.3 is 38.6 Å². The van der Waals surface area contributed by atoms with Gasteiger partial charge in [-0.15, -0.1) is 11.3 Å². The van der Waals surface area contributed by atoms with Crippen molar-refractivity contribution in [3.05, 3.63) is 217 Å². The van der Waals surface area contributed by atoms with Crippen LogP contribution in [0.1, 0.15) is 258 Å². The zero-order chi connectivity index (χ0) is 86.4. The van der Waals surface area contributed by atoms with Crippen LogP contribution < -0.4 is 19.9 Å². The van der Waals surface area contributed by atoms with E-state index in [1.807, 2.05) is 85.1 Å². The highest BCUT2D eigenvalue weighted by Crippen LogP contribution is 2.40. The molecule has 1 saturated heterocycles. The topological polar surface area (TPSA) is 130 Å². The third-order valence-electron chi connectivity index (χ3n) is 19.4. The molecule has 1 amide bonds. The monoisotopic (exact) mass is 1630 g/mol. The van der Waals surface area contributed by atoms with Gasteiger partial charge in [-0.05, 0) is 169 Å². The summed E-state index contributed by atoms with van der Waals surface area (Å²) >= 11 is 7.97. The number of hydrogen-bond donors (Lipinski definition) is 1. The number of likely N-dealkylation sites (N-methyl/N-ethyl adjacent to an activating group) is 1. The number of nitrogens with one attached hydrogen (secondary N) is 1. The summed E-state index contributed by atoms with van der Waals surface area (Å²) in [6.45, 7) is 62.5. The van der Waals surface area contributed by atoms with Crippen molar-refractivity contribution >= 4 is 45.9 Å². The van der Waals surface area contributed by atoms with Gasteiger partial charge in [-0.2, -0.15) is 26.3 Å². The van der Waals surface area contributed by atoms with E-state index in [2.05, 4.69) is 244 Å². The second-order valence-corrected chi connectivity index (χ2v) is 40.2. The molecule has 4 aliphatic rings. The third-order valence-corrected chi connectivity index (χ3v) is 20.9. The molecule has 2 fully saturated rings. The van der Waals surface area contributed by atoms with E-state index in [9.17, 15) is 31.1 Å². The number of aryl methyl sites for hydroxylation is 2. The molecule has 1 N–H and O–H groups in total. The average Bonchev–Trinajstić information content (AvgIpc) is 1.45. The van der Waals surface area contributed by atoms with E-state index in [-0.39, 0.29) is 62.2 Å². The lowest BCUT2D eigenvalue weighted by Crippen LogP contribution is -2.45. The summed E-state index contributed by atoms with van der Waals surface area (Å²) < 4.78 is 96.7. The van der Waals surface area contributed by atoms with Gasteiger partial charge in [0.25, 0.3) is 0 Å². The molecular formula is C93H131ClF6N10O4S. The van der Waals surface area contributed by atoms with Gasteiger partial charge >= 0.3 is 12.4 Å². The van der Waals surface area contributed by atoms with Crippen molar-refractivity contribution < 1.29 is 45.1 Å². The van der Waals surface area contributed by atoms with E-state index in [1.54, 1.807) is 35.1 Å². The number of carbonyl (C=O) groups is 1. The van der Waals surface area contributed by atoms with Crippen LogP contribution in [0.5, 0.6) is 5.88 Å². The van der Waals surface area contributed by atoms with Crippen LogP contribution in [0.25, 0.3) is 5.69 Å². The first-order valence-electron chi connectivity index (χ1n) is 39.9. The van der Waals surface area contributed by atoms with Crippen molar-refractivity contribution in [1.82, 2.24) is 34.5 Å². The molecule has 12 rings (SSSR count). The Hall–Kier alpha value is -7.98. The molecule has 0 radical (unpaired) electrons. The quantitative estimate of drug-likeness (QED) is 0.138. The van der Waals surface area contributed by atoms with Crippen LogP contribution in [-0.4, -0.2) is 100 Å². The first-order chi connectivity index (χ1) is 52.7. The number of thiazole rings is 1. The molecule has 8 aromatic rings. The summed E-state index contributed by atoms with van der Waals surface area (Å²) in [4.78, 5) is 33.9. The number of aromatic nitrogens is 5. The second-order valence-electron chi connectivity index (χ2n) is 38.5. The van der Waals surface area contributed by atoms with Crippen LogP contribution in [0.3, 0.4) is 0 Å². The predicted octanol–water partition coefficient (Wildman–Crippen LogP) is 24.9. The van der Waals surface area contributed by atoms with E-state index < -0.39 is 28.9 Å². The molecule has 0 atom stereocenters. The van der Waals surface area contributed by atoms with Crippen molar-refractivity contribution in [2.24, 2.45) is 5.92 Å². The number of amides is 1. The van der Waals surface area contributed by atoms with Gasteiger partial charge in [0.2, 0.25) is 11.8 Å². The minimum absolute atomic E-state index is 0.0521. The summed E-state index contributed by atoms with van der Waals surface area (Å²) in [7, 11) is 2.06. The number of piperazine rings is 1. The Morgan fingerprint density at radius 2 is 1.10 bits per heavy atom. The Bertz CT molecular complexity index is 4390. The first kappa shape index (κ1) is 95.9. The van der Waals surface area contributed by atoms with Crippen LogP contribution in [0, 0.1) is 19.8 Å². The van der Waals surface area contributed by atoms with Crippen LogP contribution in [0.15, 0.2) is 151 Å². The highest BCUT2D eigenvalue weighted by atomic mass is 35.5. The summed E-state index contributed by atoms with van der Waals surface area (Å²) in [5, 5.41) is 9.02. The number of benzene rings is 4. The number of allylic oxidation sites excluding steroid dienone is 1. The number of ether oxygens (including phenoxy) is 2. The highest BCUT2D eigenvalue weighted by molar-refractivity contribution is 7.11. The fraction of sp³-hybridized carbons (Fsp3) is 0.538. The smallest absolute Gasteiger partial charge is 0.421 e. The number of hydrogen-bond acceptors (Lipinski definition) is 13. The fourth-order valence-corrected chi connectivity index (χ4v) is 12.5. The molecule has 0 spiro atoms. The van der Waals surface area contributed by atoms with Crippen molar-refractivity contribution in [3.8, 4) is 11.6 Å². The van der Waals surface area contributed by atoms with Gasteiger partial charge in [-0.3, -0.25) is 9.69 Å². The van der Waals surface area contributed by atoms with Crippen LogP contribution >= 0.6 is 22.9 Å². The summed E-state index contributed by atoms with van der Waals surface area (Å²) in [6.07, 6.45) is 7.47. The summed E-state index contributed by atoms with van der Waals surface area (Å²) in [6, 6.07) is 30.6. The number of rotatable bonds is 9. The Labute approximate surface area is 692 Å². The molecule has 22 heteroatoms. The molecule has 7 heterocycles. The zero-order valence-corrected chi connectivity index (χ0v) is 75.4. The van der Waals surface area contributed by atoms with E-state index in [0.717, 1.165) is 97.0 Å². The maximum atomic E-state index is 13.3. The summed E-state index contributed by atoms with van der Waals surface area (Å²) in [5.41, 5.74) is 9.35. The first-order valence-corrected chi connectivity index (χ1v) is 41.0. The molecule has 632 valence electrons. The van der Waals surface area contributed by atoms with E-state index in [0.29, 0.717) is 30.1 Å². The van der Waals surface area contributed by atoms with Gasteiger partial charge in [-0.25, -0.2) is 15.0 Å². The normalized spacial score (nSPS) is 15.2. The molecule has 1 saturated carbocycles. The van der Waals surface area contributed by atoms with Crippen LogP contribution in [-0.2, 0) is 65.2 Å². The molecule has 0 unspecified atom stereocenters. The zero-order valence-electron chi connectivity index (χ0n) is 73.8. The highest BCUT2D eigenvalue weighted by Gasteiger charge is 2.38. The maximum absolute atomic E-state index is 13.3. The van der Waals surface area contributed by atoms with Crippen molar-refractivity contribution in [1.29, 1.82) is 0 Å². The van der Waals surface area contributed by atoms with Crippen molar-refractivity contribution in [3.63, 3.8) is 0 Å². The molecule has 14 nitrogen and oxygen atoms in total. The number of pyridine rings is 1. The molecule has 4 aromatic heterocycles. The number of imidazole rings is 1. The number of halogens is 7. The molecule has 0 bridgehead atoms. The molecule has 115 heavy (non-hydrogen) atoms. The molecule has 4 aromatic carbocycles. The fourth-order valence-electron chi connectivity index (χ4n) is 11.4. The lowest BCUT2D eigenvalue weighted by atomic mass is 9.85. The minimum Gasteiger partial charge on any atom is -0.476 e. The largest absolute Gasteiger partial charge is 0.476 e. The van der Waals surface area contributed by atoms with Gasteiger partial charge in [0.1, 0.15) is 23.7 Å². The number of alkyl halides is 6. The van der Waals surface area contributed by atoms with E-state index in [4.69, 9.17) is 25.6 Å².